The highest BCUT2D eigenvalue weighted by atomic mass is 32.2. The maximum Gasteiger partial charge on any atom is 0.255 e. The summed E-state index contributed by atoms with van der Waals surface area (Å²) in [6, 6.07) is 17.6. The van der Waals surface area contributed by atoms with E-state index in [9.17, 15) is 13.2 Å². The van der Waals surface area contributed by atoms with Gasteiger partial charge < -0.3 is 10.1 Å². The van der Waals surface area contributed by atoms with Gasteiger partial charge >= 0.3 is 0 Å². The first-order valence-corrected chi connectivity index (χ1v) is 9.89. The first kappa shape index (κ1) is 20.0. The SMILES string of the molecule is CNS(=O)(=O)c1cccc(C(=O)Nc2ccc(Oc3ccccc3C#N)nc2)c1. The fourth-order valence-corrected chi connectivity index (χ4v) is 3.18. The summed E-state index contributed by atoms with van der Waals surface area (Å²) in [7, 11) is -2.35. The molecule has 8 nitrogen and oxygen atoms in total. The number of ether oxygens (including phenoxy) is 1. The third kappa shape index (κ3) is 4.76. The van der Waals surface area contributed by atoms with Gasteiger partial charge in [-0.05, 0) is 43.4 Å². The summed E-state index contributed by atoms with van der Waals surface area (Å²) >= 11 is 0. The average molecular weight is 408 g/mol. The van der Waals surface area contributed by atoms with Crippen LogP contribution in [0.1, 0.15) is 15.9 Å². The van der Waals surface area contributed by atoms with Gasteiger partial charge in [0, 0.05) is 11.6 Å². The number of hydrogen-bond acceptors (Lipinski definition) is 6. The number of benzene rings is 2. The number of rotatable bonds is 6. The van der Waals surface area contributed by atoms with Gasteiger partial charge in [-0.25, -0.2) is 18.1 Å². The van der Waals surface area contributed by atoms with Gasteiger partial charge in [-0.2, -0.15) is 5.26 Å². The lowest BCUT2D eigenvalue weighted by Gasteiger charge is -2.09. The molecule has 1 heterocycles. The van der Waals surface area contributed by atoms with Gasteiger partial charge in [-0.3, -0.25) is 4.79 Å². The molecule has 2 aromatic carbocycles. The molecule has 3 rings (SSSR count). The third-order valence-electron chi connectivity index (χ3n) is 3.89. The number of pyridine rings is 1. The van der Waals surface area contributed by atoms with Crippen molar-refractivity contribution >= 4 is 21.6 Å². The number of carbonyl (C=O) groups excluding carboxylic acids is 1. The molecule has 0 saturated heterocycles. The van der Waals surface area contributed by atoms with E-state index >= 15 is 0 Å². The van der Waals surface area contributed by atoms with Crippen LogP contribution in [0.5, 0.6) is 11.6 Å². The molecule has 0 spiro atoms. The number of anilines is 1. The Balaban J connectivity index is 1.72. The summed E-state index contributed by atoms with van der Waals surface area (Å²) in [5, 5.41) is 11.7. The fourth-order valence-electron chi connectivity index (χ4n) is 2.40. The van der Waals surface area contributed by atoms with Gasteiger partial charge in [0.15, 0.2) is 0 Å². The number of amides is 1. The molecular weight excluding hydrogens is 392 g/mol. The second kappa shape index (κ2) is 8.52. The maximum atomic E-state index is 12.4. The minimum absolute atomic E-state index is 0.00863. The van der Waals surface area contributed by atoms with E-state index in [0.717, 1.165) is 0 Å². The van der Waals surface area contributed by atoms with Gasteiger partial charge in [-0.15, -0.1) is 0 Å². The summed E-state index contributed by atoms with van der Waals surface area (Å²) < 4.78 is 31.6. The van der Waals surface area contributed by atoms with Crippen LogP contribution >= 0.6 is 0 Å². The highest BCUT2D eigenvalue weighted by Crippen LogP contribution is 2.24. The lowest BCUT2D eigenvalue weighted by Crippen LogP contribution is -2.19. The van der Waals surface area contributed by atoms with Crippen molar-refractivity contribution in [3.8, 4) is 17.7 Å². The lowest BCUT2D eigenvalue weighted by molar-refractivity contribution is 0.102. The zero-order valence-electron chi connectivity index (χ0n) is 15.3. The van der Waals surface area contributed by atoms with E-state index in [-0.39, 0.29) is 16.3 Å². The zero-order valence-corrected chi connectivity index (χ0v) is 16.1. The van der Waals surface area contributed by atoms with Gasteiger partial charge in [0.25, 0.3) is 5.91 Å². The molecule has 1 aromatic heterocycles. The Kier molecular flexibility index (Phi) is 5.87. The molecule has 0 radical (unpaired) electrons. The van der Waals surface area contributed by atoms with Crippen molar-refractivity contribution in [2.75, 3.05) is 12.4 Å². The van der Waals surface area contributed by atoms with Crippen LogP contribution in [-0.2, 0) is 10.0 Å². The standard InChI is InChI=1S/C20H16N4O4S/c1-22-29(26,27)17-7-4-6-14(11-17)20(25)24-16-9-10-19(23-13-16)28-18-8-3-2-5-15(18)12-21/h2-11,13,22H,1H3,(H,24,25). The minimum atomic E-state index is -3.65. The summed E-state index contributed by atoms with van der Waals surface area (Å²) in [5.74, 6) is 0.151. The molecule has 0 fully saturated rings. The largest absolute Gasteiger partial charge is 0.438 e. The van der Waals surface area contributed by atoms with Crippen molar-refractivity contribution in [2.24, 2.45) is 0 Å². The molecular formula is C20H16N4O4S. The molecule has 1 amide bonds. The number of nitriles is 1. The van der Waals surface area contributed by atoms with E-state index in [4.69, 9.17) is 10.00 Å². The number of para-hydroxylation sites is 1. The Labute approximate surface area is 167 Å². The molecule has 0 atom stereocenters. The van der Waals surface area contributed by atoms with Gasteiger partial charge in [0.1, 0.15) is 11.8 Å². The van der Waals surface area contributed by atoms with Crippen LogP contribution in [0.4, 0.5) is 5.69 Å². The van der Waals surface area contributed by atoms with Crippen LogP contribution in [-0.4, -0.2) is 26.4 Å². The Hall–Kier alpha value is -3.74. The van der Waals surface area contributed by atoms with E-state index < -0.39 is 15.9 Å². The zero-order chi connectivity index (χ0) is 20.9. The van der Waals surface area contributed by atoms with E-state index in [1.54, 1.807) is 36.4 Å². The van der Waals surface area contributed by atoms with E-state index in [1.165, 1.54) is 37.5 Å². The summed E-state index contributed by atoms with van der Waals surface area (Å²) in [5.41, 5.74) is 0.963. The number of nitrogens with one attached hydrogen (secondary N) is 2. The van der Waals surface area contributed by atoms with Crippen LogP contribution in [0.3, 0.4) is 0 Å². The molecule has 0 unspecified atom stereocenters. The second-order valence-electron chi connectivity index (χ2n) is 5.78. The van der Waals surface area contributed by atoms with Crippen LogP contribution in [0.15, 0.2) is 71.8 Å². The van der Waals surface area contributed by atoms with Crippen LogP contribution in [0, 0.1) is 11.3 Å². The molecule has 29 heavy (non-hydrogen) atoms. The minimum Gasteiger partial charge on any atom is -0.438 e. The van der Waals surface area contributed by atoms with Gasteiger partial charge in [0.2, 0.25) is 15.9 Å². The second-order valence-corrected chi connectivity index (χ2v) is 7.67. The van der Waals surface area contributed by atoms with Crippen molar-refractivity contribution in [3.05, 3.63) is 78.0 Å². The highest BCUT2D eigenvalue weighted by molar-refractivity contribution is 7.89. The van der Waals surface area contributed by atoms with Crippen molar-refractivity contribution in [3.63, 3.8) is 0 Å². The molecule has 2 N–H and O–H groups in total. The molecule has 0 aliphatic rings. The van der Waals surface area contributed by atoms with Crippen molar-refractivity contribution in [1.82, 2.24) is 9.71 Å². The molecule has 9 heteroatoms. The normalized spacial score (nSPS) is 10.8. The number of nitrogens with zero attached hydrogens (tertiary/aromatic N) is 2. The topological polar surface area (TPSA) is 121 Å². The molecule has 0 saturated carbocycles. The predicted octanol–water partition coefficient (Wildman–Crippen LogP) is 2.91. The van der Waals surface area contributed by atoms with Crippen molar-refractivity contribution in [2.45, 2.75) is 4.90 Å². The number of hydrogen-bond donors (Lipinski definition) is 2. The average Bonchev–Trinajstić information content (AvgIpc) is 2.75. The Morgan fingerprint density at radius 1 is 1.10 bits per heavy atom. The monoisotopic (exact) mass is 408 g/mol. The molecule has 3 aromatic rings. The predicted molar refractivity (Wildman–Crippen MR) is 106 cm³/mol. The number of carbonyl (C=O) groups is 1. The Bertz CT molecular complexity index is 1190. The number of aromatic nitrogens is 1. The Morgan fingerprint density at radius 2 is 1.90 bits per heavy atom. The van der Waals surface area contributed by atoms with Gasteiger partial charge in [-0.1, -0.05) is 18.2 Å². The molecule has 146 valence electrons. The number of sulfonamides is 1. The quantitative estimate of drug-likeness (QED) is 0.647. The molecule has 0 bridgehead atoms. The summed E-state index contributed by atoms with van der Waals surface area (Å²) in [6.07, 6.45) is 1.40. The summed E-state index contributed by atoms with van der Waals surface area (Å²) in [6.45, 7) is 0. The molecule has 0 aliphatic carbocycles. The van der Waals surface area contributed by atoms with E-state index in [2.05, 4.69) is 15.0 Å². The molecule has 0 aliphatic heterocycles. The van der Waals surface area contributed by atoms with E-state index in [1.807, 2.05) is 6.07 Å². The summed E-state index contributed by atoms with van der Waals surface area (Å²) in [4.78, 5) is 16.5. The fraction of sp³-hybridized carbons (Fsp3) is 0.0500. The Morgan fingerprint density at radius 3 is 2.59 bits per heavy atom. The van der Waals surface area contributed by atoms with Crippen molar-refractivity contribution in [1.29, 1.82) is 5.26 Å². The first-order valence-electron chi connectivity index (χ1n) is 8.41. The highest BCUT2D eigenvalue weighted by Gasteiger charge is 2.14. The van der Waals surface area contributed by atoms with Crippen LogP contribution in [0.2, 0.25) is 0 Å². The maximum absolute atomic E-state index is 12.4. The lowest BCUT2D eigenvalue weighted by atomic mass is 10.2. The van der Waals surface area contributed by atoms with Crippen molar-refractivity contribution < 1.29 is 17.9 Å². The van der Waals surface area contributed by atoms with Crippen LogP contribution < -0.4 is 14.8 Å². The van der Waals surface area contributed by atoms with Gasteiger partial charge in [0.05, 0.1) is 22.3 Å². The van der Waals surface area contributed by atoms with Crippen LogP contribution in [0.25, 0.3) is 0 Å². The third-order valence-corrected chi connectivity index (χ3v) is 5.30. The smallest absolute Gasteiger partial charge is 0.255 e. The van der Waals surface area contributed by atoms with E-state index in [0.29, 0.717) is 17.0 Å². The first-order chi connectivity index (χ1) is 13.9.